The third-order valence-corrected chi connectivity index (χ3v) is 6.00. The van der Waals surface area contributed by atoms with E-state index >= 15 is 0 Å². The maximum Gasteiger partial charge on any atom is 0.191 e. The van der Waals surface area contributed by atoms with Crippen LogP contribution in [0.2, 0.25) is 0 Å². The largest absolute Gasteiger partial charge is 0.379 e. The molecule has 1 aliphatic rings. The molecule has 0 aromatic carbocycles. The number of hydrogen-bond donors (Lipinski definition) is 2. The molecule has 162 valence electrons. The van der Waals surface area contributed by atoms with Crippen LogP contribution in [0.5, 0.6) is 0 Å². The standard InChI is InChI=1S/C20H37N5OS.HI/c1-16(2)13-17(24(4)5)14-22-20(21-3)23-15-18(19-7-6-12-27-19)25-8-10-26-11-9-25;/h6-7,12,16-18H,8-11,13-15H2,1-5H3,(H2,21,22,23);1H. The molecule has 2 atom stereocenters. The maximum absolute atomic E-state index is 5.53. The van der Waals surface area contributed by atoms with Gasteiger partial charge in [0, 0.05) is 44.1 Å². The lowest BCUT2D eigenvalue weighted by atomic mass is 10.0. The number of thiophene rings is 1. The van der Waals surface area contributed by atoms with Crippen molar-refractivity contribution >= 4 is 41.3 Å². The molecule has 2 heterocycles. The number of hydrogen-bond acceptors (Lipinski definition) is 5. The van der Waals surface area contributed by atoms with Crippen molar-refractivity contribution in [2.75, 3.05) is 60.5 Å². The van der Waals surface area contributed by atoms with Crippen LogP contribution in [-0.4, -0.2) is 82.3 Å². The van der Waals surface area contributed by atoms with E-state index in [-0.39, 0.29) is 24.0 Å². The fourth-order valence-corrected chi connectivity index (χ4v) is 4.29. The molecule has 2 rings (SSSR count). The predicted octanol–water partition coefficient (Wildman–Crippen LogP) is 2.88. The van der Waals surface area contributed by atoms with Gasteiger partial charge >= 0.3 is 0 Å². The number of aliphatic imine (C=N–C) groups is 1. The lowest BCUT2D eigenvalue weighted by Gasteiger charge is -2.34. The quantitative estimate of drug-likeness (QED) is 0.296. The first kappa shape index (κ1) is 25.6. The minimum Gasteiger partial charge on any atom is -0.379 e. The number of guanidine groups is 1. The molecule has 2 N–H and O–H groups in total. The second-order valence-electron chi connectivity index (χ2n) is 7.76. The molecule has 6 nitrogen and oxygen atoms in total. The van der Waals surface area contributed by atoms with Gasteiger partial charge in [-0.1, -0.05) is 19.9 Å². The Hall–Kier alpha value is -0.420. The maximum atomic E-state index is 5.53. The Kier molecular flexibility index (Phi) is 12.6. The zero-order valence-electron chi connectivity index (χ0n) is 18.0. The van der Waals surface area contributed by atoms with Crippen molar-refractivity contribution in [2.24, 2.45) is 10.9 Å². The van der Waals surface area contributed by atoms with Gasteiger partial charge in [0.05, 0.1) is 19.3 Å². The molecule has 8 heteroatoms. The van der Waals surface area contributed by atoms with E-state index in [0.29, 0.717) is 18.0 Å². The molecular weight excluding hydrogens is 485 g/mol. The smallest absolute Gasteiger partial charge is 0.191 e. The van der Waals surface area contributed by atoms with Crippen molar-refractivity contribution in [2.45, 2.75) is 32.4 Å². The van der Waals surface area contributed by atoms with Crippen LogP contribution in [0.1, 0.15) is 31.2 Å². The highest BCUT2D eigenvalue weighted by atomic mass is 127. The molecule has 1 aromatic rings. The van der Waals surface area contributed by atoms with Gasteiger partial charge < -0.3 is 20.3 Å². The summed E-state index contributed by atoms with van der Waals surface area (Å²) in [7, 11) is 6.14. The lowest BCUT2D eigenvalue weighted by molar-refractivity contribution is 0.0177. The fourth-order valence-electron chi connectivity index (χ4n) is 3.43. The lowest BCUT2D eigenvalue weighted by Crippen LogP contribution is -2.48. The fraction of sp³-hybridized carbons (Fsp3) is 0.750. The highest BCUT2D eigenvalue weighted by molar-refractivity contribution is 14.0. The molecule has 1 fully saturated rings. The first-order chi connectivity index (χ1) is 13.0. The Labute approximate surface area is 192 Å². The minimum atomic E-state index is 0. The number of likely N-dealkylation sites (N-methyl/N-ethyl adjacent to an activating group) is 1. The molecule has 1 aliphatic heterocycles. The third-order valence-electron chi connectivity index (χ3n) is 5.02. The van der Waals surface area contributed by atoms with Crippen molar-refractivity contribution < 1.29 is 4.74 Å². The van der Waals surface area contributed by atoms with E-state index in [1.165, 1.54) is 11.3 Å². The summed E-state index contributed by atoms with van der Waals surface area (Å²) in [6, 6.07) is 5.21. The van der Waals surface area contributed by atoms with E-state index in [1.807, 2.05) is 18.4 Å². The van der Waals surface area contributed by atoms with Gasteiger partial charge in [-0.2, -0.15) is 0 Å². The van der Waals surface area contributed by atoms with Crippen LogP contribution in [0.4, 0.5) is 0 Å². The zero-order chi connectivity index (χ0) is 19.6. The highest BCUT2D eigenvalue weighted by Crippen LogP contribution is 2.25. The van der Waals surface area contributed by atoms with Crippen LogP contribution in [0.25, 0.3) is 0 Å². The van der Waals surface area contributed by atoms with Gasteiger partial charge in [0.25, 0.3) is 0 Å². The summed E-state index contributed by atoms with van der Waals surface area (Å²) < 4.78 is 5.53. The Morgan fingerprint density at radius 1 is 1.25 bits per heavy atom. The number of nitrogens with zero attached hydrogens (tertiary/aromatic N) is 3. The summed E-state index contributed by atoms with van der Waals surface area (Å²) in [5.74, 6) is 1.55. The Balaban J connectivity index is 0.00000392. The summed E-state index contributed by atoms with van der Waals surface area (Å²) in [4.78, 5) is 10.6. The number of halogens is 1. The predicted molar refractivity (Wildman–Crippen MR) is 131 cm³/mol. The zero-order valence-corrected chi connectivity index (χ0v) is 21.1. The van der Waals surface area contributed by atoms with Crippen molar-refractivity contribution in [3.8, 4) is 0 Å². The van der Waals surface area contributed by atoms with Crippen LogP contribution in [0, 0.1) is 5.92 Å². The van der Waals surface area contributed by atoms with Crippen LogP contribution < -0.4 is 10.6 Å². The second-order valence-corrected chi connectivity index (χ2v) is 8.74. The molecule has 0 aliphatic carbocycles. The van der Waals surface area contributed by atoms with Crippen molar-refractivity contribution in [1.82, 2.24) is 20.4 Å². The number of rotatable bonds is 9. The Morgan fingerprint density at radius 2 is 1.93 bits per heavy atom. The van der Waals surface area contributed by atoms with Gasteiger partial charge in [-0.25, -0.2) is 0 Å². The van der Waals surface area contributed by atoms with E-state index in [1.54, 1.807) is 0 Å². The first-order valence-electron chi connectivity index (χ1n) is 9.97. The van der Waals surface area contributed by atoms with Crippen LogP contribution in [0.3, 0.4) is 0 Å². The Morgan fingerprint density at radius 3 is 2.46 bits per heavy atom. The molecule has 0 saturated carbocycles. The van der Waals surface area contributed by atoms with E-state index < -0.39 is 0 Å². The average Bonchev–Trinajstić information content (AvgIpc) is 3.18. The van der Waals surface area contributed by atoms with E-state index in [2.05, 4.69) is 70.9 Å². The summed E-state index contributed by atoms with van der Waals surface area (Å²) in [6.45, 7) is 9.88. The molecule has 1 saturated heterocycles. The average molecular weight is 524 g/mol. The van der Waals surface area contributed by atoms with E-state index in [0.717, 1.165) is 45.4 Å². The second kappa shape index (κ2) is 13.7. The van der Waals surface area contributed by atoms with E-state index in [4.69, 9.17) is 4.74 Å². The van der Waals surface area contributed by atoms with Crippen LogP contribution in [0.15, 0.2) is 22.5 Å². The molecular formula is C20H38IN5OS. The first-order valence-corrected chi connectivity index (χ1v) is 10.8. The summed E-state index contributed by atoms with van der Waals surface area (Å²) in [5.41, 5.74) is 0. The monoisotopic (exact) mass is 523 g/mol. The molecule has 0 spiro atoms. The van der Waals surface area contributed by atoms with Crippen LogP contribution >= 0.6 is 35.3 Å². The third kappa shape index (κ3) is 8.52. The summed E-state index contributed by atoms with van der Waals surface area (Å²) in [5, 5.41) is 9.22. The molecule has 0 radical (unpaired) electrons. The number of morpholine rings is 1. The minimum absolute atomic E-state index is 0. The van der Waals surface area contributed by atoms with Crippen molar-refractivity contribution in [3.63, 3.8) is 0 Å². The summed E-state index contributed by atoms with van der Waals surface area (Å²) >= 11 is 1.82. The van der Waals surface area contributed by atoms with Gasteiger partial charge in [0.2, 0.25) is 0 Å². The van der Waals surface area contributed by atoms with Gasteiger partial charge in [0.15, 0.2) is 5.96 Å². The Bertz CT molecular complexity index is 547. The van der Waals surface area contributed by atoms with Crippen LogP contribution in [-0.2, 0) is 4.74 Å². The topological polar surface area (TPSA) is 52.1 Å². The molecule has 0 amide bonds. The van der Waals surface area contributed by atoms with Gasteiger partial charge in [0.1, 0.15) is 0 Å². The number of ether oxygens (including phenoxy) is 1. The SMILES string of the molecule is CN=C(NCC(CC(C)C)N(C)C)NCC(c1cccs1)N1CCOCC1.I. The molecule has 2 unspecified atom stereocenters. The van der Waals surface area contributed by atoms with E-state index in [9.17, 15) is 0 Å². The normalized spacial score (nSPS) is 18.0. The molecule has 0 bridgehead atoms. The van der Waals surface area contributed by atoms with Crippen molar-refractivity contribution in [1.29, 1.82) is 0 Å². The number of nitrogens with one attached hydrogen (secondary N) is 2. The van der Waals surface area contributed by atoms with Gasteiger partial charge in [-0.05, 0) is 37.9 Å². The summed E-state index contributed by atoms with van der Waals surface area (Å²) in [6.07, 6.45) is 1.17. The molecule has 1 aromatic heterocycles. The van der Waals surface area contributed by atoms with Gasteiger partial charge in [-0.15, -0.1) is 35.3 Å². The van der Waals surface area contributed by atoms with Gasteiger partial charge in [-0.3, -0.25) is 9.89 Å². The van der Waals surface area contributed by atoms with Crippen molar-refractivity contribution in [3.05, 3.63) is 22.4 Å². The molecule has 28 heavy (non-hydrogen) atoms. The highest BCUT2D eigenvalue weighted by Gasteiger charge is 2.23.